The zero-order valence-electron chi connectivity index (χ0n) is 8.57. The van der Waals surface area contributed by atoms with E-state index in [9.17, 15) is 10.1 Å². The van der Waals surface area contributed by atoms with Crippen LogP contribution in [0.1, 0.15) is 31.2 Å². The first-order chi connectivity index (χ1) is 7.29. The highest BCUT2D eigenvalue weighted by Gasteiger charge is 2.41. The predicted octanol–water partition coefficient (Wildman–Crippen LogP) is 2.59. The Balaban J connectivity index is 2.46. The monoisotopic (exact) mass is 199 g/mol. The number of nitriles is 1. The van der Waals surface area contributed by atoms with Gasteiger partial charge in [0.15, 0.2) is 5.78 Å². The molecule has 0 aromatic heterocycles. The van der Waals surface area contributed by atoms with Gasteiger partial charge in [0.1, 0.15) is 5.41 Å². The number of hydrogen-bond acceptors (Lipinski definition) is 2. The Morgan fingerprint density at radius 1 is 1.20 bits per heavy atom. The van der Waals surface area contributed by atoms with Crippen molar-refractivity contribution in [2.75, 3.05) is 0 Å². The van der Waals surface area contributed by atoms with Gasteiger partial charge in [-0.05, 0) is 18.4 Å². The van der Waals surface area contributed by atoms with Crippen molar-refractivity contribution in [3.05, 3.63) is 35.9 Å². The fourth-order valence-corrected chi connectivity index (χ4v) is 2.24. The SMILES string of the molecule is N#CC1(c2ccccc2)CCCCC1=O. The van der Waals surface area contributed by atoms with Crippen LogP contribution in [-0.2, 0) is 10.2 Å². The minimum atomic E-state index is -0.862. The van der Waals surface area contributed by atoms with Crippen LogP contribution in [0.15, 0.2) is 30.3 Å². The third-order valence-corrected chi connectivity index (χ3v) is 3.14. The van der Waals surface area contributed by atoms with Crippen molar-refractivity contribution in [3.8, 4) is 6.07 Å². The summed E-state index contributed by atoms with van der Waals surface area (Å²) in [5.41, 5.74) is -0.00308. The molecule has 1 atom stereocenters. The molecular formula is C13H13NO. The lowest BCUT2D eigenvalue weighted by atomic mass is 9.69. The largest absolute Gasteiger partial charge is 0.298 e. The van der Waals surface area contributed by atoms with E-state index in [1.54, 1.807) is 0 Å². The van der Waals surface area contributed by atoms with Crippen LogP contribution in [-0.4, -0.2) is 5.78 Å². The molecule has 1 aliphatic rings. The molecule has 0 spiro atoms. The molecule has 0 bridgehead atoms. The fraction of sp³-hybridized carbons (Fsp3) is 0.385. The summed E-state index contributed by atoms with van der Waals surface area (Å²) >= 11 is 0. The highest BCUT2D eigenvalue weighted by molar-refractivity contribution is 5.93. The number of carbonyl (C=O) groups excluding carboxylic acids is 1. The van der Waals surface area contributed by atoms with Gasteiger partial charge in [0.05, 0.1) is 6.07 Å². The molecule has 2 rings (SSSR count). The Kier molecular flexibility index (Phi) is 2.55. The second-order valence-electron chi connectivity index (χ2n) is 4.01. The molecule has 0 radical (unpaired) electrons. The normalized spacial score (nSPS) is 25.9. The summed E-state index contributed by atoms with van der Waals surface area (Å²) in [6.07, 6.45) is 3.11. The smallest absolute Gasteiger partial charge is 0.157 e. The van der Waals surface area contributed by atoms with Gasteiger partial charge in [-0.15, -0.1) is 0 Å². The summed E-state index contributed by atoms with van der Waals surface area (Å²) < 4.78 is 0. The minimum Gasteiger partial charge on any atom is -0.298 e. The van der Waals surface area contributed by atoms with Crippen LogP contribution < -0.4 is 0 Å². The molecule has 1 saturated carbocycles. The highest BCUT2D eigenvalue weighted by atomic mass is 16.1. The van der Waals surface area contributed by atoms with Gasteiger partial charge in [0, 0.05) is 6.42 Å². The minimum absolute atomic E-state index is 0.0856. The number of rotatable bonds is 1. The quantitative estimate of drug-likeness (QED) is 0.697. The van der Waals surface area contributed by atoms with Crippen molar-refractivity contribution in [3.63, 3.8) is 0 Å². The summed E-state index contributed by atoms with van der Waals surface area (Å²) in [7, 11) is 0. The summed E-state index contributed by atoms with van der Waals surface area (Å²) in [6, 6.07) is 11.7. The maximum atomic E-state index is 11.9. The molecule has 15 heavy (non-hydrogen) atoms. The van der Waals surface area contributed by atoms with E-state index in [1.165, 1.54) is 0 Å². The summed E-state index contributed by atoms with van der Waals surface area (Å²) in [4.78, 5) is 11.9. The van der Waals surface area contributed by atoms with Crippen LogP contribution in [0.25, 0.3) is 0 Å². The second kappa shape index (κ2) is 3.86. The van der Waals surface area contributed by atoms with E-state index < -0.39 is 5.41 Å². The third-order valence-electron chi connectivity index (χ3n) is 3.14. The van der Waals surface area contributed by atoms with Crippen LogP contribution in [0, 0.1) is 11.3 Å². The van der Waals surface area contributed by atoms with E-state index in [4.69, 9.17) is 0 Å². The van der Waals surface area contributed by atoms with Crippen LogP contribution in [0.3, 0.4) is 0 Å². The van der Waals surface area contributed by atoms with E-state index in [0.29, 0.717) is 12.8 Å². The highest BCUT2D eigenvalue weighted by Crippen LogP contribution is 2.35. The van der Waals surface area contributed by atoms with Crippen molar-refractivity contribution < 1.29 is 4.79 Å². The van der Waals surface area contributed by atoms with Gasteiger partial charge in [-0.3, -0.25) is 4.79 Å². The molecule has 0 heterocycles. The van der Waals surface area contributed by atoms with Gasteiger partial charge < -0.3 is 0 Å². The number of benzene rings is 1. The average molecular weight is 199 g/mol. The lowest BCUT2D eigenvalue weighted by Crippen LogP contribution is -2.37. The number of ketones is 1. The number of carbonyl (C=O) groups is 1. The van der Waals surface area contributed by atoms with Gasteiger partial charge in [-0.1, -0.05) is 36.8 Å². The molecule has 0 saturated heterocycles. The Morgan fingerprint density at radius 2 is 1.93 bits per heavy atom. The van der Waals surface area contributed by atoms with Crippen LogP contribution in [0.2, 0.25) is 0 Å². The van der Waals surface area contributed by atoms with Gasteiger partial charge in [0.25, 0.3) is 0 Å². The maximum Gasteiger partial charge on any atom is 0.157 e. The molecule has 1 unspecified atom stereocenters. The van der Waals surface area contributed by atoms with Gasteiger partial charge >= 0.3 is 0 Å². The number of nitrogens with zero attached hydrogens (tertiary/aromatic N) is 1. The Hall–Kier alpha value is -1.62. The Bertz CT molecular complexity index is 404. The average Bonchev–Trinajstić information content (AvgIpc) is 2.31. The number of Topliss-reactive ketones (excluding diaryl/α,β-unsaturated/α-hetero) is 1. The molecule has 0 amide bonds. The van der Waals surface area contributed by atoms with Gasteiger partial charge in [-0.25, -0.2) is 0 Å². The molecule has 2 nitrogen and oxygen atoms in total. The lowest BCUT2D eigenvalue weighted by Gasteiger charge is -2.29. The van der Waals surface area contributed by atoms with E-state index in [1.807, 2.05) is 30.3 Å². The first-order valence-corrected chi connectivity index (χ1v) is 5.30. The molecule has 1 fully saturated rings. The van der Waals surface area contributed by atoms with Crippen molar-refractivity contribution in [1.29, 1.82) is 5.26 Å². The second-order valence-corrected chi connectivity index (χ2v) is 4.01. The molecule has 1 aromatic carbocycles. The fourth-order valence-electron chi connectivity index (χ4n) is 2.24. The predicted molar refractivity (Wildman–Crippen MR) is 57.2 cm³/mol. The van der Waals surface area contributed by atoms with Crippen LogP contribution in [0.4, 0.5) is 0 Å². The molecule has 0 aliphatic heterocycles. The molecule has 76 valence electrons. The molecule has 1 aliphatic carbocycles. The van der Waals surface area contributed by atoms with E-state index in [-0.39, 0.29) is 5.78 Å². The summed E-state index contributed by atoms with van der Waals surface area (Å²) in [6.45, 7) is 0. The summed E-state index contributed by atoms with van der Waals surface area (Å²) in [5.74, 6) is 0.0856. The zero-order chi connectivity index (χ0) is 10.7. The van der Waals surface area contributed by atoms with E-state index in [2.05, 4.69) is 6.07 Å². The van der Waals surface area contributed by atoms with Crippen LogP contribution >= 0.6 is 0 Å². The molecular weight excluding hydrogens is 186 g/mol. The van der Waals surface area contributed by atoms with E-state index >= 15 is 0 Å². The van der Waals surface area contributed by atoms with Crippen molar-refractivity contribution in [2.24, 2.45) is 0 Å². The van der Waals surface area contributed by atoms with Crippen molar-refractivity contribution in [1.82, 2.24) is 0 Å². The standard InChI is InChI=1S/C13H13NO/c14-10-13(9-5-4-8-12(13)15)11-6-2-1-3-7-11/h1-3,6-7H,4-5,8-9H2. The van der Waals surface area contributed by atoms with Crippen molar-refractivity contribution in [2.45, 2.75) is 31.1 Å². The van der Waals surface area contributed by atoms with Crippen molar-refractivity contribution >= 4 is 5.78 Å². The third kappa shape index (κ3) is 1.55. The van der Waals surface area contributed by atoms with E-state index in [0.717, 1.165) is 18.4 Å². The first kappa shape index (κ1) is 9.92. The zero-order valence-corrected chi connectivity index (χ0v) is 8.57. The first-order valence-electron chi connectivity index (χ1n) is 5.30. The summed E-state index contributed by atoms with van der Waals surface area (Å²) in [5, 5.41) is 9.29. The van der Waals surface area contributed by atoms with Gasteiger partial charge in [0.2, 0.25) is 0 Å². The lowest BCUT2D eigenvalue weighted by molar-refractivity contribution is -0.124. The molecule has 2 heteroatoms. The topological polar surface area (TPSA) is 40.9 Å². The molecule has 1 aromatic rings. The number of hydrogen-bond donors (Lipinski definition) is 0. The van der Waals surface area contributed by atoms with Crippen LogP contribution in [0.5, 0.6) is 0 Å². The Labute approximate surface area is 89.5 Å². The maximum absolute atomic E-state index is 11.9. The van der Waals surface area contributed by atoms with Gasteiger partial charge in [-0.2, -0.15) is 5.26 Å². The Morgan fingerprint density at radius 3 is 2.53 bits per heavy atom. The molecule has 0 N–H and O–H groups in total.